The predicted molar refractivity (Wildman–Crippen MR) is 97.7 cm³/mol. The average molecular weight is 358 g/mol. The summed E-state index contributed by atoms with van der Waals surface area (Å²) in [4.78, 5) is 12.1. The lowest BCUT2D eigenvalue weighted by atomic mass is 10.2. The van der Waals surface area contributed by atoms with Crippen molar-refractivity contribution in [2.75, 3.05) is 5.32 Å². The van der Waals surface area contributed by atoms with Crippen LogP contribution in [0.25, 0.3) is 0 Å². The Morgan fingerprint density at radius 1 is 1.24 bits per heavy atom. The van der Waals surface area contributed by atoms with Crippen LogP contribution in [0.4, 0.5) is 5.69 Å². The van der Waals surface area contributed by atoms with E-state index < -0.39 is 0 Å². The van der Waals surface area contributed by atoms with Gasteiger partial charge in [-0.25, -0.2) is 0 Å². The van der Waals surface area contributed by atoms with Crippen LogP contribution in [0, 0.1) is 13.8 Å². The lowest BCUT2D eigenvalue weighted by Crippen LogP contribution is -2.15. The van der Waals surface area contributed by atoms with Crippen LogP contribution in [-0.4, -0.2) is 25.5 Å². The van der Waals surface area contributed by atoms with Crippen LogP contribution in [0.2, 0.25) is 5.02 Å². The van der Waals surface area contributed by atoms with E-state index in [2.05, 4.69) is 15.5 Å². The third-order valence-electron chi connectivity index (χ3n) is 3.83. The number of rotatable bonds is 6. The zero-order chi connectivity index (χ0) is 17.8. The second-order valence-corrected chi connectivity index (χ2v) is 6.44. The van der Waals surface area contributed by atoms with Gasteiger partial charge in [-0.3, -0.25) is 14.2 Å². The number of nitrogens with zero attached hydrogens (tertiary/aromatic N) is 4. The molecule has 0 aliphatic heterocycles. The van der Waals surface area contributed by atoms with Crippen LogP contribution in [-0.2, 0) is 17.9 Å². The molecule has 0 aliphatic carbocycles. The number of benzene rings is 1. The van der Waals surface area contributed by atoms with Gasteiger partial charge in [-0.1, -0.05) is 23.7 Å². The van der Waals surface area contributed by atoms with E-state index in [1.807, 2.05) is 55.1 Å². The highest BCUT2D eigenvalue weighted by Crippen LogP contribution is 2.12. The van der Waals surface area contributed by atoms with Gasteiger partial charge in [-0.2, -0.15) is 10.2 Å². The Morgan fingerprint density at radius 2 is 2.00 bits per heavy atom. The summed E-state index contributed by atoms with van der Waals surface area (Å²) in [6.07, 6.45) is 3.83. The van der Waals surface area contributed by atoms with E-state index in [0.29, 0.717) is 30.2 Å². The number of amides is 1. The molecule has 3 aromatic rings. The highest BCUT2D eigenvalue weighted by molar-refractivity contribution is 6.30. The number of carbonyl (C=O) groups excluding carboxylic acids is 1. The Morgan fingerprint density at radius 3 is 2.68 bits per heavy atom. The standard InChI is InChI=1S/C18H20ClN5O/c1-13-9-14(2)24(22-13)8-7-18(25)21-17-10-20-23(12-17)11-15-3-5-16(19)6-4-15/h3-6,9-10,12H,7-8,11H2,1-2H3,(H,21,25). The summed E-state index contributed by atoms with van der Waals surface area (Å²) in [6, 6.07) is 9.61. The Bertz CT molecular complexity index is 866. The molecule has 3 rings (SSSR count). The zero-order valence-corrected chi connectivity index (χ0v) is 15.0. The third-order valence-corrected chi connectivity index (χ3v) is 4.08. The lowest BCUT2D eigenvalue weighted by molar-refractivity contribution is -0.116. The van der Waals surface area contributed by atoms with Crippen LogP contribution < -0.4 is 5.32 Å². The Labute approximate surface area is 151 Å². The molecule has 0 unspecified atom stereocenters. The molecule has 1 aromatic carbocycles. The van der Waals surface area contributed by atoms with Gasteiger partial charge in [0, 0.05) is 29.9 Å². The van der Waals surface area contributed by atoms with E-state index in [1.54, 1.807) is 10.9 Å². The Kier molecular flexibility index (Phi) is 5.19. The van der Waals surface area contributed by atoms with Crippen molar-refractivity contribution in [3.8, 4) is 0 Å². The quantitative estimate of drug-likeness (QED) is 0.735. The number of carbonyl (C=O) groups is 1. The molecular weight excluding hydrogens is 338 g/mol. The summed E-state index contributed by atoms with van der Waals surface area (Å²) < 4.78 is 3.62. The highest BCUT2D eigenvalue weighted by atomic mass is 35.5. The first-order valence-electron chi connectivity index (χ1n) is 8.07. The molecule has 1 N–H and O–H groups in total. The summed E-state index contributed by atoms with van der Waals surface area (Å²) in [6.45, 7) is 5.11. The maximum atomic E-state index is 12.1. The molecule has 0 aliphatic rings. The van der Waals surface area contributed by atoms with Crippen LogP contribution in [0.15, 0.2) is 42.7 Å². The topological polar surface area (TPSA) is 64.7 Å². The maximum absolute atomic E-state index is 12.1. The van der Waals surface area contributed by atoms with Gasteiger partial charge >= 0.3 is 0 Å². The van der Waals surface area contributed by atoms with E-state index >= 15 is 0 Å². The van der Waals surface area contributed by atoms with Crippen LogP contribution in [0.5, 0.6) is 0 Å². The molecule has 0 radical (unpaired) electrons. The summed E-state index contributed by atoms with van der Waals surface area (Å²) in [7, 11) is 0. The molecule has 0 spiro atoms. The fourth-order valence-corrected chi connectivity index (χ4v) is 2.75. The number of nitrogens with one attached hydrogen (secondary N) is 1. The minimum absolute atomic E-state index is 0.0569. The molecule has 0 fully saturated rings. The number of hydrogen-bond donors (Lipinski definition) is 1. The first kappa shape index (κ1) is 17.2. The van der Waals surface area contributed by atoms with Crippen molar-refractivity contribution in [3.63, 3.8) is 0 Å². The van der Waals surface area contributed by atoms with Crippen molar-refractivity contribution in [2.24, 2.45) is 0 Å². The van der Waals surface area contributed by atoms with Crippen molar-refractivity contribution < 1.29 is 4.79 Å². The van der Waals surface area contributed by atoms with Gasteiger partial charge in [-0.15, -0.1) is 0 Å². The minimum Gasteiger partial charge on any atom is -0.323 e. The maximum Gasteiger partial charge on any atom is 0.226 e. The summed E-state index contributed by atoms with van der Waals surface area (Å²) in [5, 5.41) is 12.2. The van der Waals surface area contributed by atoms with Gasteiger partial charge in [0.05, 0.1) is 24.1 Å². The average Bonchev–Trinajstić information content (AvgIpc) is 3.13. The number of aromatic nitrogens is 4. The van der Waals surface area contributed by atoms with E-state index in [1.165, 1.54) is 0 Å². The lowest BCUT2D eigenvalue weighted by Gasteiger charge is -2.05. The molecule has 0 bridgehead atoms. The molecule has 25 heavy (non-hydrogen) atoms. The van der Waals surface area contributed by atoms with Crippen molar-refractivity contribution in [3.05, 3.63) is 64.7 Å². The number of hydrogen-bond acceptors (Lipinski definition) is 3. The normalized spacial score (nSPS) is 10.8. The highest BCUT2D eigenvalue weighted by Gasteiger charge is 2.07. The molecule has 0 saturated carbocycles. The first-order valence-corrected chi connectivity index (χ1v) is 8.45. The zero-order valence-electron chi connectivity index (χ0n) is 14.2. The van der Waals surface area contributed by atoms with Gasteiger partial charge in [0.25, 0.3) is 0 Å². The van der Waals surface area contributed by atoms with Crippen LogP contribution in [0.3, 0.4) is 0 Å². The predicted octanol–water partition coefficient (Wildman–Crippen LogP) is 3.43. The van der Waals surface area contributed by atoms with E-state index in [9.17, 15) is 4.79 Å². The Balaban J connectivity index is 1.53. The molecular formula is C18H20ClN5O. The number of aryl methyl sites for hydroxylation is 3. The second kappa shape index (κ2) is 7.53. The molecule has 0 atom stereocenters. The van der Waals surface area contributed by atoms with E-state index in [0.717, 1.165) is 17.0 Å². The van der Waals surface area contributed by atoms with Gasteiger partial charge in [0.15, 0.2) is 0 Å². The molecule has 1 amide bonds. The van der Waals surface area contributed by atoms with Gasteiger partial charge in [-0.05, 0) is 37.6 Å². The molecule has 7 heteroatoms. The van der Waals surface area contributed by atoms with E-state index in [4.69, 9.17) is 11.6 Å². The monoisotopic (exact) mass is 357 g/mol. The van der Waals surface area contributed by atoms with Crippen molar-refractivity contribution in [1.29, 1.82) is 0 Å². The fraction of sp³-hybridized carbons (Fsp3) is 0.278. The summed E-state index contributed by atoms with van der Waals surface area (Å²) in [5.74, 6) is -0.0569. The second-order valence-electron chi connectivity index (χ2n) is 6.00. The summed E-state index contributed by atoms with van der Waals surface area (Å²) >= 11 is 5.88. The van der Waals surface area contributed by atoms with Gasteiger partial charge < -0.3 is 5.32 Å². The first-order chi connectivity index (χ1) is 12.0. The third kappa shape index (κ3) is 4.70. The number of halogens is 1. The fourth-order valence-electron chi connectivity index (χ4n) is 2.62. The SMILES string of the molecule is Cc1cc(C)n(CCC(=O)Nc2cnn(Cc3ccc(Cl)cc3)c2)n1. The molecule has 6 nitrogen and oxygen atoms in total. The Hall–Kier alpha value is -2.60. The van der Waals surface area contributed by atoms with Gasteiger partial charge in [0.1, 0.15) is 0 Å². The summed E-state index contributed by atoms with van der Waals surface area (Å²) in [5.41, 5.74) is 3.80. The van der Waals surface area contributed by atoms with Crippen LogP contribution in [0.1, 0.15) is 23.4 Å². The smallest absolute Gasteiger partial charge is 0.226 e. The number of anilines is 1. The molecule has 2 aromatic heterocycles. The van der Waals surface area contributed by atoms with Crippen molar-refractivity contribution in [1.82, 2.24) is 19.6 Å². The largest absolute Gasteiger partial charge is 0.323 e. The van der Waals surface area contributed by atoms with Gasteiger partial charge in [0.2, 0.25) is 5.91 Å². The van der Waals surface area contributed by atoms with Crippen molar-refractivity contribution in [2.45, 2.75) is 33.4 Å². The van der Waals surface area contributed by atoms with Crippen LogP contribution >= 0.6 is 11.6 Å². The van der Waals surface area contributed by atoms with E-state index in [-0.39, 0.29) is 5.91 Å². The van der Waals surface area contributed by atoms with Crippen molar-refractivity contribution >= 4 is 23.2 Å². The molecule has 0 saturated heterocycles. The molecule has 2 heterocycles. The molecule has 130 valence electrons. The minimum atomic E-state index is -0.0569.